The molecule has 1 aliphatic rings. The summed E-state index contributed by atoms with van der Waals surface area (Å²) >= 11 is 3.42. The van der Waals surface area contributed by atoms with Crippen LogP contribution in [0.1, 0.15) is 5.82 Å². The highest BCUT2D eigenvalue weighted by atomic mass is 79.9. The summed E-state index contributed by atoms with van der Waals surface area (Å²) in [6.45, 7) is 4.84. The fourth-order valence-electron chi connectivity index (χ4n) is 2.63. The van der Waals surface area contributed by atoms with Crippen LogP contribution in [0.4, 0.5) is 5.82 Å². The first kappa shape index (κ1) is 12.8. The molecule has 1 saturated heterocycles. The Kier molecular flexibility index (Phi) is 2.91. The summed E-state index contributed by atoms with van der Waals surface area (Å²) < 4.78 is 4.79. The van der Waals surface area contributed by atoms with Gasteiger partial charge in [0.25, 0.3) is 0 Å². The molecule has 0 atom stereocenters. The van der Waals surface area contributed by atoms with Gasteiger partial charge in [0.2, 0.25) is 0 Å². The predicted molar refractivity (Wildman–Crippen MR) is 81.1 cm³/mol. The van der Waals surface area contributed by atoms with E-state index in [1.165, 1.54) is 0 Å². The summed E-state index contributed by atoms with van der Waals surface area (Å²) in [5.74, 6) is 2.39. The van der Waals surface area contributed by atoms with Gasteiger partial charge in [-0.05, 0) is 35.0 Å². The van der Waals surface area contributed by atoms with Crippen LogP contribution in [0.3, 0.4) is 0 Å². The second-order valence-electron chi connectivity index (χ2n) is 5.36. The highest BCUT2D eigenvalue weighted by Crippen LogP contribution is 2.24. The molecule has 3 aromatic heterocycles. The standard InChI is InChI=1S/C13H14BrN7/c1-9-16-17-12-2-3-13(18-21(9)12)19-5-10(6-19)7-20-8-11(14)4-15-20/h2-4,8,10H,5-7H2,1H3. The fraction of sp³-hybridized carbons (Fsp3) is 0.385. The van der Waals surface area contributed by atoms with Crippen molar-refractivity contribution in [1.82, 2.24) is 29.6 Å². The van der Waals surface area contributed by atoms with E-state index in [1.54, 1.807) is 4.52 Å². The van der Waals surface area contributed by atoms with Gasteiger partial charge < -0.3 is 4.90 Å². The van der Waals surface area contributed by atoms with Crippen molar-refractivity contribution in [2.24, 2.45) is 5.92 Å². The van der Waals surface area contributed by atoms with E-state index in [2.05, 4.69) is 41.2 Å². The maximum Gasteiger partial charge on any atom is 0.178 e. The van der Waals surface area contributed by atoms with Crippen molar-refractivity contribution >= 4 is 27.4 Å². The van der Waals surface area contributed by atoms with Gasteiger partial charge in [0.15, 0.2) is 11.5 Å². The van der Waals surface area contributed by atoms with Gasteiger partial charge in [-0.3, -0.25) is 4.68 Å². The molecule has 0 saturated carbocycles. The van der Waals surface area contributed by atoms with Crippen molar-refractivity contribution in [3.05, 3.63) is 34.8 Å². The number of halogens is 1. The predicted octanol–water partition coefficient (Wildman–Crippen LogP) is 1.53. The molecule has 1 fully saturated rings. The Balaban J connectivity index is 1.45. The van der Waals surface area contributed by atoms with Crippen molar-refractivity contribution in [2.45, 2.75) is 13.5 Å². The number of aryl methyl sites for hydroxylation is 1. The van der Waals surface area contributed by atoms with Crippen molar-refractivity contribution in [1.29, 1.82) is 0 Å². The minimum Gasteiger partial charge on any atom is -0.354 e. The van der Waals surface area contributed by atoms with Gasteiger partial charge in [-0.2, -0.15) is 9.61 Å². The Hall–Kier alpha value is -1.96. The third kappa shape index (κ3) is 2.29. The highest BCUT2D eigenvalue weighted by molar-refractivity contribution is 9.10. The average molecular weight is 348 g/mol. The van der Waals surface area contributed by atoms with Crippen molar-refractivity contribution in [3.63, 3.8) is 0 Å². The molecule has 1 aliphatic heterocycles. The largest absolute Gasteiger partial charge is 0.354 e. The van der Waals surface area contributed by atoms with Crippen LogP contribution in [0.2, 0.25) is 0 Å². The third-order valence-electron chi connectivity index (χ3n) is 3.73. The van der Waals surface area contributed by atoms with Gasteiger partial charge in [-0.15, -0.1) is 15.3 Å². The van der Waals surface area contributed by atoms with Crippen LogP contribution in [-0.2, 0) is 6.54 Å². The minimum absolute atomic E-state index is 0.608. The van der Waals surface area contributed by atoms with E-state index < -0.39 is 0 Å². The van der Waals surface area contributed by atoms with Crippen molar-refractivity contribution < 1.29 is 0 Å². The molecule has 0 radical (unpaired) electrons. The first-order valence-electron chi connectivity index (χ1n) is 6.81. The van der Waals surface area contributed by atoms with Crippen LogP contribution >= 0.6 is 15.9 Å². The maximum absolute atomic E-state index is 4.59. The summed E-state index contributed by atoms with van der Waals surface area (Å²) in [5, 5.41) is 17.0. The zero-order valence-electron chi connectivity index (χ0n) is 11.5. The van der Waals surface area contributed by atoms with Crippen molar-refractivity contribution in [3.8, 4) is 0 Å². The molecule has 0 N–H and O–H groups in total. The molecule has 0 amide bonds. The molecule has 0 aromatic carbocycles. The van der Waals surface area contributed by atoms with Crippen LogP contribution in [0, 0.1) is 12.8 Å². The Morgan fingerprint density at radius 1 is 1.29 bits per heavy atom. The van der Waals surface area contributed by atoms with E-state index in [-0.39, 0.29) is 0 Å². The van der Waals surface area contributed by atoms with E-state index in [9.17, 15) is 0 Å². The van der Waals surface area contributed by atoms with Gasteiger partial charge in [0.1, 0.15) is 5.82 Å². The number of rotatable bonds is 3. The van der Waals surface area contributed by atoms with Gasteiger partial charge in [0, 0.05) is 31.7 Å². The molecular formula is C13H14BrN7. The molecule has 0 unspecified atom stereocenters. The first-order chi connectivity index (χ1) is 10.2. The zero-order valence-corrected chi connectivity index (χ0v) is 13.1. The third-order valence-corrected chi connectivity index (χ3v) is 4.14. The lowest BCUT2D eigenvalue weighted by Gasteiger charge is -2.39. The average Bonchev–Trinajstić information content (AvgIpc) is 3.00. The molecule has 0 spiro atoms. The van der Waals surface area contributed by atoms with Crippen molar-refractivity contribution in [2.75, 3.05) is 18.0 Å². The molecule has 21 heavy (non-hydrogen) atoms. The number of anilines is 1. The van der Waals surface area contributed by atoms with Crippen LogP contribution in [0.25, 0.3) is 5.65 Å². The number of nitrogens with zero attached hydrogens (tertiary/aromatic N) is 7. The minimum atomic E-state index is 0.608. The topological polar surface area (TPSA) is 64.1 Å². The quantitative estimate of drug-likeness (QED) is 0.718. The Morgan fingerprint density at radius 2 is 2.14 bits per heavy atom. The van der Waals surface area contributed by atoms with Gasteiger partial charge >= 0.3 is 0 Å². The van der Waals surface area contributed by atoms with E-state index in [4.69, 9.17) is 0 Å². The lowest BCUT2D eigenvalue weighted by Crippen LogP contribution is -2.49. The smallest absolute Gasteiger partial charge is 0.178 e. The van der Waals surface area contributed by atoms with Crippen LogP contribution in [0.15, 0.2) is 29.0 Å². The highest BCUT2D eigenvalue weighted by Gasteiger charge is 2.28. The fourth-order valence-corrected chi connectivity index (χ4v) is 2.96. The second-order valence-corrected chi connectivity index (χ2v) is 6.28. The van der Waals surface area contributed by atoms with Gasteiger partial charge in [-0.1, -0.05) is 0 Å². The molecule has 3 aromatic rings. The monoisotopic (exact) mass is 347 g/mol. The van der Waals surface area contributed by atoms with Gasteiger partial charge in [-0.25, -0.2) is 0 Å². The number of fused-ring (bicyclic) bond motifs is 1. The number of aromatic nitrogens is 6. The first-order valence-corrected chi connectivity index (χ1v) is 7.60. The molecule has 7 nitrogen and oxygen atoms in total. The van der Waals surface area contributed by atoms with Crippen LogP contribution < -0.4 is 4.90 Å². The van der Waals surface area contributed by atoms with Crippen LogP contribution in [0.5, 0.6) is 0 Å². The van der Waals surface area contributed by atoms with Gasteiger partial charge in [0.05, 0.1) is 10.7 Å². The second kappa shape index (κ2) is 4.80. The molecule has 0 aliphatic carbocycles. The lowest BCUT2D eigenvalue weighted by molar-refractivity contribution is 0.339. The molecule has 8 heteroatoms. The molecule has 4 heterocycles. The normalized spacial score (nSPS) is 15.6. The molecular weight excluding hydrogens is 334 g/mol. The van der Waals surface area contributed by atoms with E-state index in [1.807, 2.05) is 36.1 Å². The van der Waals surface area contributed by atoms with Crippen LogP contribution in [-0.4, -0.2) is 42.7 Å². The number of hydrogen-bond acceptors (Lipinski definition) is 5. The van der Waals surface area contributed by atoms with E-state index in [0.29, 0.717) is 5.92 Å². The summed E-state index contributed by atoms with van der Waals surface area (Å²) in [6.07, 6.45) is 3.83. The lowest BCUT2D eigenvalue weighted by atomic mass is 10.0. The summed E-state index contributed by atoms with van der Waals surface area (Å²) in [7, 11) is 0. The Bertz CT molecular complexity index is 787. The molecule has 4 rings (SSSR count). The van der Waals surface area contributed by atoms with E-state index in [0.717, 1.165) is 41.4 Å². The number of hydrogen-bond donors (Lipinski definition) is 0. The zero-order chi connectivity index (χ0) is 14.4. The summed E-state index contributed by atoms with van der Waals surface area (Å²) in [6, 6.07) is 3.96. The maximum atomic E-state index is 4.59. The van der Waals surface area contributed by atoms with E-state index >= 15 is 0 Å². The summed E-state index contributed by atoms with van der Waals surface area (Å²) in [4.78, 5) is 2.27. The Morgan fingerprint density at radius 3 is 2.90 bits per heavy atom. The Labute approximate surface area is 129 Å². The SMILES string of the molecule is Cc1nnc2ccc(N3CC(Cn4cc(Br)cn4)C3)nn12. The molecule has 108 valence electrons. The molecule has 0 bridgehead atoms. The summed E-state index contributed by atoms with van der Waals surface area (Å²) in [5.41, 5.74) is 0.787.